The largest absolute Gasteiger partial charge is 0.306 e. The Morgan fingerprint density at radius 2 is 1.83 bits per heavy atom. The smallest absolute Gasteiger partial charge is 0.243 e. The molecule has 0 radical (unpaired) electrons. The Morgan fingerprint density at radius 1 is 1.14 bits per heavy atom. The van der Waals surface area contributed by atoms with E-state index in [2.05, 4.69) is 64.1 Å². The fourth-order valence-electron chi connectivity index (χ4n) is 5.32. The molecule has 1 unspecified atom stereocenters. The molecule has 2 aromatic carbocycles. The van der Waals surface area contributed by atoms with E-state index in [1.807, 2.05) is 31.2 Å². The summed E-state index contributed by atoms with van der Waals surface area (Å²) in [7, 11) is -1.65. The van der Waals surface area contributed by atoms with Crippen LogP contribution in [0.5, 0.6) is 0 Å². The van der Waals surface area contributed by atoms with E-state index in [1.54, 1.807) is 4.31 Å². The molecule has 0 N–H and O–H groups in total. The van der Waals surface area contributed by atoms with Crippen LogP contribution in [0.2, 0.25) is 0 Å². The van der Waals surface area contributed by atoms with Crippen molar-refractivity contribution in [2.24, 2.45) is 5.92 Å². The van der Waals surface area contributed by atoms with Gasteiger partial charge in [-0.3, -0.25) is 0 Å². The Balaban J connectivity index is 2.06. The Kier molecular flexibility index (Phi) is 9.51. The topological polar surface area (TPSA) is 40.6 Å². The summed E-state index contributed by atoms with van der Waals surface area (Å²) in [6.07, 6.45) is 6.17. The summed E-state index contributed by atoms with van der Waals surface area (Å²) in [5.74, 6) is 0.313. The monoisotopic (exact) mass is 506 g/mol. The first-order valence-corrected chi connectivity index (χ1v) is 14.3. The third-order valence-corrected chi connectivity index (χ3v) is 9.71. The number of aryl methyl sites for hydroxylation is 1. The van der Waals surface area contributed by atoms with Gasteiger partial charge in [-0.15, -0.1) is 0 Å². The standard InChI is InChI=1S/C31H42N2O2S/c1-8-29-25(5)24(4)23(3)20-30(29)26(6)31(9-2)36(34,35)33(19-17-27-14-11-10-12-15-27)22-28-16-13-18-32(7)21-28/h8-12,14-15,20,28H,1-2,13,16-19,21-22H2,3-7H3. The molecule has 0 bridgehead atoms. The number of nitrogens with zero attached hydrogens (tertiary/aromatic N) is 2. The number of sulfonamides is 1. The lowest BCUT2D eigenvalue weighted by atomic mass is 9.90. The van der Waals surface area contributed by atoms with Crippen molar-refractivity contribution >= 4 is 21.7 Å². The molecule has 1 fully saturated rings. The van der Waals surface area contributed by atoms with Crippen molar-refractivity contribution < 1.29 is 8.42 Å². The summed E-state index contributed by atoms with van der Waals surface area (Å²) in [5, 5.41) is 0. The third-order valence-electron chi connectivity index (χ3n) is 7.67. The number of hydrogen-bond acceptors (Lipinski definition) is 3. The molecule has 2 aromatic rings. The van der Waals surface area contributed by atoms with Gasteiger partial charge in [-0.05, 0) is 111 Å². The third kappa shape index (κ3) is 6.26. The average molecular weight is 507 g/mol. The first-order valence-electron chi connectivity index (χ1n) is 12.9. The lowest BCUT2D eigenvalue weighted by Crippen LogP contribution is -2.42. The maximum absolute atomic E-state index is 14.2. The van der Waals surface area contributed by atoms with Gasteiger partial charge >= 0.3 is 0 Å². The van der Waals surface area contributed by atoms with Crippen molar-refractivity contribution in [3.63, 3.8) is 0 Å². The molecule has 1 atom stereocenters. The van der Waals surface area contributed by atoms with E-state index in [-0.39, 0.29) is 4.91 Å². The van der Waals surface area contributed by atoms with Gasteiger partial charge in [0.25, 0.3) is 0 Å². The highest BCUT2D eigenvalue weighted by molar-refractivity contribution is 7.93. The normalized spacial score (nSPS) is 17.7. The van der Waals surface area contributed by atoms with E-state index in [1.165, 1.54) is 11.6 Å². The summed E-state index contributed by atoms with van der Waals surface area (Å²) >= 11 is 0. The maximum Gasteiger partial charge on any atom is 0.243 e. The van der Waals surface area contributed by atoms with Crippen molar-refractivity contribution in [2.45, 2.75) is 47.0 Å². The van der Waals surface area contributed by atoms with Crippen LogP contribution in [0.4, 0.5) is 0 Å². The van der Waals surface area contributed by atoms with Crippen LogP contribution in [0.1, 0.15) is 53.1 Å². The summed E-state index contributed by atoms with van der Waals surface area (Å²) in [4.78, 5) is 2.59. The molecule has 194 valence electrons. The van der Waals surface area contributed by atoms with Crippen molar-refractivity contribution in [3.05, 3.63) is 93.9 Å². The van der Waals surface area contributed by atoms with Crippen LogP contribution in [0.15, 0.2) is 60.5 Å². The fraction of sp³-hybridized carbons (Fsp3) is 0.419. The van der Waals surface area contributed by atoms with E-state index in [0.29, 0.717) is 25.4 Å². The first kappa shape index (κ1) is 28.1. The first-order chi connectivity index (χ1) is 17.1. The van der Waals surface area contributed by atoms with Gasteiger partial charge in [0, 0.05) is 19.6 Å². The quantitative estimate of drug-likeness (QED) is 0.351. The van der Waals surface area contributed by atoms with E-state index >= 15 is 0 Å². The zero-order chi connectivity index (χ0) is 26.5. The number of likely N-dealkylation sites (tertiary alicyclic amines) is 1. The lowest BCUT2D eigenvalue weighted by molar-refractivity contribution is 0.186. The summed E-state index contributed by atoms with van der Waals surface area (Å²) in [6.45, 7) is 19.1. The van der Waals surface area contributed by atoms with Gasteiger partial charge in [0.2, 0.25) is 10.0 Å². The van der Waals surface area contributed by atoms with Gasteiger partial charge < -0.3 is 4.90 Å². The number of piperidine rings is 1. The highest BCUT2D eigenvalue weighted by Gasteiger charge is 2.31. The molecule has 0 aliphatic carbocycles. The Morgan fingerprint density at radius 3 is 2.44 bits per heavy atom. The van der Waals surface area contributed by atoms with Gasteiger partial charge in [0.1, 0.15) is 0 Å². The van der Waals surface area contributed by atoms with Crippen molar-refractivity contribution in [3.8, 4) is 0 Å². The van der Waals surface area contributed by atoms with Crippen LogP contribution in [-0.2, 0) is 16.4 Å². The number of hydrogen-bond donors (Lipinski definition) is 0. The number of rotatable bonds is 10. The molecule has 5 heteroatoms. The van der Waals surface area contributed by atoms with Gasteiger partial charge in [0.15, 0.2) is 0 Å². The molecule has 0 saturated carbocycles. The minimum atomic E-state index is -3.77. The van der Waals surface area contributed by atoms with Crippen molar-refractivity contribution in [1.29, 1.82) is 0 Å². The highest BCUT2D eigenvalue weighted by Crippen LogP contribution is 2.33. The van der Waals surface area contributed by atoms with E-state index in [9.17, 15) is 8.42 Å². The minimum Gasteiger partial charge on any atom is -0.306 e. The molecule has 1 aliphatic rings. The second-order valence-electron chi connectivity index (χ2n) is 10.2. The van der Waals surface area contributed by atoms with Crippen molar-refractivity contribution in [2.75, 3.05) is 33.2 Å². The van der Waals surface area contributed by atoms with Crippen molar-refractivity contribution in [1.82, 2.24) is 9.21 Å². The molecular weight excluding hydrogens is 464 g/mol. The highest BCUT2D eigenvalue weighted by atomic mass is 32.2. The molecule has 0 spiro atoms. The van der Waals surface area contributed by atoms with Gasteiger partial charge in [0.05, 0.1) is 4.91 Å². The molecule has 3 rings (SSSR count). The van der Waals surface area contributed by atoms with E-state index < -0.39 is 10.0 Å². The summed E-state index contributed by atoms with van der Waals surface area (Å²) in [6, 6.07) is 12.2. The maximum atomic E-state index is 14.2. The fourth-order valence-corrected chi connectivity index (χ4v) is 7.04. The molecule has 1 saturated heterocycles. The van der Waals surface area contributed by atoms with Crippen LogP contribution in [-0.4, -0.2) is 50.8 Å². The Labute approximate surface area is 219 Å². The van der Waals surface area contributed by atoms with Gasteiger partial charge in [-0.2, -0.15) is 4.31 Å². The van der Waals surface area contributed by atoms with Gasteiger partial charge in [-0.25, -0.2) is 8.42 Å². The zero-order valence-corrected chi connectivity index (χ0v) is 23.5. The Hall–Kier alpha value is -2.47. The minimum absolute atomic E-state index is 0.283. The molecule has 1 aliphatic heterocycles. The van der Waals surface area contributed by atoms with Crippen LogP contribution in [0.3, 0.4) is 0 Å². The summed E-state index contributed by atoms with van der Waals surface area (Å²) in [5.41, 5.74) is 7.22. The van der Waals surface area contributed by atoms with Crippen LogP contribution >= 0.6 is 0 Å². The molecule has 1 heterocycles. The summed E-state index contributed by atoms with van der Waals surface area (Å²) < 4.78 is 30.2. The van der Waals surface area contributed by atoms with E-state index in [4.69, 9.17) is 0 Å². The molecule has 0 aromatic heterocycles. The lowest BCUT2D eigenvalue weighted by Gasteiger charge is -2.34. The number of benzene rings is 2. The molecule has 36 heavy (non-hydrogen) atoms. The second-order valence-corrected chi connectivity index (χ2v) is 12.1. The Bertz CT molecular complexity index is 1230. The van der Waals surface area contributed by atoms with E-state index in [0.717, 1.165) is 59.3 Å². The van der Waals surface area contributed by atoms with Crippen LogP contribution < -0.4 is 0 Å². The molecule has 0 amide bonds. The molecule has 4 nitrogen and oxygen atoms in total. The average Bonchev–Trinajstić information content (AvgIpc) is 2.85. The zero-order valence-electron chi connectivity index (χ0n) is 22.7. The molecular formula is C31H42N2O2S. The predicted octanol–water partition coefficient (Wildman–Crippen LogP) is 6.39. The van der Waals surface area contributed by atoms with Crippen LogP contribution in [0, 0.1) is 26.7 Å². The predicted molar refractivity (Wildman–Crippen MR) is 154 cm³/mol. The van der Waals surface area contributed by atoms with Crippen LogP contribution in [0.25, 0.3) is 11.6 Å². The van der Waals surface area contributed by atoms with Gasteiger partial charge in [-0.1, -0.05) is 55.6 Å². The SMILES string of the molecule is C=CC(=C(C)c1cc(C)c(C)c(C)c1C=C)S(=O)(=O)N(CCc1ccccc1)CC1CCCN(C)C1. The number of allylic oxidation sites excluding steroid dienone is 2. The second kappa shape index (κ2) is 12.2.